The first-order valence-corrected chi connectivity index (χ1v) is 6.97. The van der Waals surface area contributed by atoms with Crippen LogP contribution in [0.25, 0.3) is 11.0 Å². The van der Waals surface area contributed by atoms with Crippen molar-refractivity contribution < 1.29 is 4.79 Å². The second kappa shape index (κ2) is 5.88. The van der Waals surface area contributed by atoms with Gasteiger partial charge in [-0.25, -0.2) is 15.8 Å². The van der Waals surface area contributed by atoms with Gasteiger partial charge >= 0.3 is 0 Å². The van der Waals surface area contributed by atoms with Crippen molar-refractivity contribution in [3.8, 4) is 0 Å². The molecule has 9 heteroatoms. The number of hydrazine groups is 1. The molecule has 1 amide bonds. The quantitative estimate of drug-likeness (QED) is 0.431. The minimum absolute atomic E-state index is 0.130. The molecule has 0 atom stereocenters. The fraction of sp³-hybridized carbons (Fsp3) is 0.0769. The summed E-state index contributed by atoms with van der Waals surface area (Å²) in [7, 11) is 0. The van der Waals surface area contributed by atoms with Gasteiger partial charge in [0.1, 0.15) is 17.4 Å². The molecule has 0 spiro atoms. The molecule has 0 fully saturated rings. The van der Waals surface area contributed by atoms with Crippen LogP contribution in [-0.2, 0) is 6.54 Å². The zero-order chi connectivity index (χ0) is 15.7. The number of rotatable bonds is 3. The van der Waals surface area contributed by atoms with Crippen LogP contribution in [0.15, 0.2) is 30.7 Å². The number of nitrogen functional groups attached to an aromatic ring is 1. The van der Waals surface area contributed by atoms with Gasteiger partial charge in [0.25, 0.3) is 5.91 Å². The van der Waals surface area contributed by atoms with Gasteiger partial charge in [-0.2, -0.15) is 5.10 Å². The first-order valence-electron chi connectivity index (χ1n) is 6.21. The largest absolute Gasteiger partial charge is 0.289 e. The maximum absolute atomic E-state index is 11.8. The molecule has 3 rings (SSSR count). The van der Waals surface area contributed by atoms with Crippen molar-refractivity contribution in [2.75, 3.05) is 0 Å². The van der Waals surface area contributed by atoms with Crippen molar-refractivity contribution in [2.24, 2.45) is 5.84 Å². The molecule has 2 aromatic heterocycles. The molecule has 0 unspecified atom stereocenters. The number of carbonyl (C=O) groups excluding carboxylic acids is 1. The van der Waals surface area contributed by atoms with Gasteiger partial charge in [-0.1, -0.05) is 29.3 Å². The number of hydrogen-bond acceptors (Lipinski definition) is 5. The van der Waals surface area contributed by atoms with Gasteiger partial charge in [0.05, 0.1) is 12.7 Å². The molecule has 0 saturated carbocycles. The van der Waals surface area contributed by atoms with Crippen molar-refractivity contribution in [2.45, 2.75) is 6.54 Å². The monoisotopic (exact) mass is 336 g/mol. The Kier molecular flexibility index (Phi) is 3.93. The summed E-state index contributed by atoms with van der Waals surface area (Å²) in [6.45, 7) is 0.345. The highest BCUT2D eigenvalue weighted by atomic mass is 35.5. The highest BCUT2D eigenvalue weighted by molar-refractivity contribution is 6.35. The molecule has 112 valence electrons. The summed E-state index contributed by atoms with van der Waals surface area (Å²) in [5, 5.41) is 5.31. The fourth-order valence-corrected chi connectivity index (χ4v) is 2.54. The average Bonchev–Trinajstić information content (AvgIpc) is 2.88. The number of benzene rings is 1. The van der Waals surface area contributed by atoms with E-state index in [1.165, 1.54) is 6.33 Å². The number of hydrogen-bond donors (Lipinski definition) is 2. The molecule has 0 radical (unpaired) electrons. The van der Waals surface area contributed by atoms with Crippen molar-refractivity contribution in [1.29, 1.82) is 0 Å². The Morgan fingerprint density at radius 2 is 2.18 bits per heavy atom. The van der Waals surface area contributed by atoms with Crippen LogP contribution in [0.2, 0.25) is 10.0 Å². The first kappa shape index (κ1) is 14.7. The Hall–Kier alpha value is -2.22. The van der Waals surface area contributed by atoms with Crippen LogP contribution in [-0.4, -0.2) is 25.7 Å². The standard InChI is InChI=1S/C13H10Cl2N6O/c14-8-2-1-7(9(15)3-8)5-21-10-4-17-6-18-11(10)12(20-21)13(22)19-16/h1-4,6H,5,16H2,(H,19,22). The highest BCUT2D eigenvalue weighted by Gasteiger charge is 2.18. The number of amides is 1. The lowest BCUT2D eigenvalue weighted by Gasteiger charge is -2.06. The van der Waals surface area contributed by atoms with E-state index in [2.05, 4.69) is 20.5 Å². The molecule has 22 heavy (non-hydrogen) atoms. The van der Waals surface area contributed by atoms with Gasteiger partial charge < -0.3 is 0 Å². The lowest BCUT2D eigenvalue weighted by molar-refractivity contribution is 0.0949. The van der Waals surface area contributed by atoms with Gasteiger partial charge in [0, 0.05) is 10.0 Å². The Balaban J connectivity index is 2.09. The summed E-state index contributed by atoms with van der Waals surface area (Å²) >= 11 is 12.1. The number of aromatic nitrogens is 4. The third kappa shape index (κ3) is 2.61. The Morgan fingerprint density at radius 3 is 2.91 bits per heavy atom. The second-order valence-corrected chi connectivity index (χ2v) is 5.32. The number of nitrogens with one attached hydrogen (secondary N) is 1. The van der Waals surface area contributed by atoms with Crippen molar-refractivity contribution in [1.82, 2.24) is 25.2 Å². The minimum Gasteiger partial charge on any atom is -0.289 e. The van der Waals surface area contributed by atoms with E-state index in [4.69, 9.17) is 29.0 Å². The molecule has 3 aromatic rings. The molecule has 3 N–H and O–H groups in total. The van der Waals surface area contributed by atoms with E-state index in [0.29, 0.717) is 27.6 Å². The number of fused-ring (bicyclic) bond motifs is 1. The minimum atomic E-state index is -0.523. The van der Waals surface area contributed by atoms with Crippen LogP contribution in [0, 0.1) is 0 Å². The molecular formula is C13H10Cl2N6O. The lowest BCUT2D eigenvalue weighted by atomic mass is 10.2. The summed E-state index contributed by atoms with van der Waals surface area (Å²) in [5.41, 5.74) is 4.01. The predicted molar refractivity (Wildman–Crippen MR) is 82.5 cm³/mol. The highest BCUT2D eigenvalue weighted by Crippen LogP contribution is 2.23. The smallest absolute Gasteiger partial charge is 0.287 e. The van der Waals surface area contributed by atoms with Gasteiger partial charge in [-0.3, -0.25) is 14.9 Å². The van der Waals surface area contributed by atoms with Crippen molar-refractivity contribution in [3.63, 3.8) is 0 Å². The second-order valence-electron chi connectivity index (χ2n) is 4.47. The van der Waals surface area contributed by atoms with Crippen LogP contribution in [0.4, 0.5) is 0 Å². The fourth-order valence-electron chi connectivity index (χ4n) is 2.07. The zero-order valence-corrected chi connectivity index (χ0v) is 12.6. The van der Waals surface area contributed by atoms with Gasteiger partial charge in [-0.05, 0) is 17.7 Å². The first-order chi connectivity index (χ1) is 10.6. The topological polar surface area (TPSA) is 98.7 Å². The summed E-state index contributed by atoms with van der Waals surface area (Å²) in [6, 6.07) is 5.18. The van der Waals surface area contributed by atoms with E-state index in [-0.39, 0.29) is 5.69 Å². The van der Waals surface area contributed by atoms with E-state index in [9.17, 15) is 4.79 Å². The molecule has 0 aliphatic heterocycles. The van der Waals surface area contributed by atoms with Crippen LogP contribution in [0.3, 0.4) is 0 Å². The van der Waals surface area contributed by atoms with Crippen LogP contribution < -0.4 is 11.3 Å². The maximum atomic E-state index is 11.8. The third-order valence-corrected chi connectivity index (χ3v) is 3.68. The number of carbonyl (C=O) groups is 1. The number of nitrogens with two attached hydrogens (primary N) is 1. The summed E-state index contributed by atoms with van der Waals surface area (Å²) in [6.07, 6.45) is 2.92. The zero-order valence-electron chi connectivity index (χ0n) is 11.1. The van der Waals surface area contributed by atoms with Gasteiger partial charge in [-0.15, -0.1) is 0 Å². The average molecular weight is 337 g/mol. The Labute approximate surface area is 135 Å². The van der Waals surface area contributed by atoms with Gasteiger partial charge in [0.2, 0.25) is 0 Å². The Bertz CT molecular complexity index is 863. The molecule has 0 bridgehead atoms. The maximum Gasteiger partial charge on any atom is 0.287 e. The molecule has 0 aliphatic carbocycles. The van der Waals surface area contributed by atoms with Crippen LogP contribution >= 0.6 is 23.2 Å². The van der Waals surface area contributed by atoms with E-state index in [0.717, 1.165) is 5.56 Å². The van der Waals surface area contributed by atoms with E-state index in [1.54, 1.807) is 29.1 Å². The summed E-state index contributed by atoms with van der Waals surface area (Å²) in [4.78, 5) is 19.8. The molecule has 0 saturated heterocycles. The van der Waals surface area contributed by atoms with Crippen LogP contribution in [0.5, 0.6) is 0 Å². The molecule has 7 nitrogen and oxygen atoms in total. The van der Waals surface area contributed by atoms with Crippen molar-refractivity contribution in [3.05, 3.63) is 52.0 Å². The number of halogens is 2. The van der Waals surface area contributed by atoms with Crippen molar-refractivity contribution >= 4 is 40.1 Å². The van der Waals surface area contributed by atoms with E-state index in [1.807, 2.05) is 0 Å². The summed E-state index contributed by atoms with van der Waals surface area (Å²) in [5.74, 6) is 4.65. The van der Waals surface area contributed by atoms with E-state index >= 15 is 0 Å². The normalized spacial score (nSPS) is 10.9. The predicted octanol–water partition coefficient (Wildman–Crippen LogP) is 1.78. The summed E-state index contributed by atoms with van der Waals surface area (Å²) < 4.78 is 1.59. The van der Waals surface area contributed by atoms with Crippen LogP contribution in [0.1, 0.15) is 16.1 Å². The SMILES string of the molecule is NNC(=O)c1nn(Cc2ccc(Cl)cc2Cl)c2cncnc12. The molecular weight excluding hydrogens is 327 g/mol. The third-order valence-electron chi connectivity index (χ3n) is 3.10. The molecule has 0 aliphatic rings. The number of nitrogens with zero attached hydrogens (tertiary/aromatic N) is 4. The van der Waals surface area contributed by atoms with E-state index < -0.39 is 5.91 Å². The Morgan fingerprint density at radius 1 is 1.36 bits per heavy atom. The molecule has 1 aromatic carbocycles. The van der Waals surface area contributed by atoms with Gasteiger partial charge in [0.15, 0.2) is 5.69 Å². The lowest BCUT2D eigenvalue weighted by Crippen LogP contribution is -2.30. The molecule has 2 heterocycles.